The molecule has 10 rings (SSSR count). The smallest absolute Gasteiger partial charge is 0.137 e. The van der Waals surface area contributed by atoms with Gasteiger partial charge in [0.15, 0.2) is 0 Å². The molecule has 0 radical (unpaired) electrons. The topological polar surface area (TPSA) is 16.4 Å². The zero-order valence-electron chi connectivity index (χ0n) is 29.7. The first-order valence-electron chi connectivity index (χ1n) is 18.1. The molecule has 0 amide bonds. The van der Waals surface area contributed by atoms with Crippen LogP contribution in [0.15, 0.2) is 202 Å². The van der Waals surface area contributed by atoms with Crippen LogP contribution < -0.4 is 4.90 Å². The van der Waals surface area contributed by atoms with Gasteiger partial charge >= 0.3 is 0 Å². The second kappa shape index (κ2) is 12.4. The zero-order valence-corrected chi connectivity index (χ0v) is 30.5. The summed E-state index contributed by atoms with van der Waals surface area (Å²) in [5.41, 5.74) is 14.8. The standard InChI is InChI=1S/C50H37NOS/c1-53(2)47-29-14-12-24-42(47)50-44(27-16-30-48(50)53)51(36-31-32-40-39-22-11-13-28-45(39)52-46(40)33-36)43-26-15-25-38(35-19-7-4-8-20-35)49(43)41-23-10-9-21-37(41)34-17-5-3-6-18-34/h3-33H,1-2H3. The van der Waals surface area contributed by atoms with Crippen LogP contribution in [-0.2, 0) is 0 Å². The van der Waals surface area contributed by atoms with Gasteiger partial charge in [-0.05, 0) is 88.4 Å². The zero-order chi connectivity index (χ0) is 35.5. The third kappa shape index (κ3) is 5.03. The molecule has 0 atom stereocenters. The van der Waals surface area contributed by atoms with Gasteiger partial charge in [0.1, 0.15) is 11.2 Å². The molecule has 2 heterocycles. The van der Waals surface area contributed by atoms with E-state index in [1.165, 1.54) is 54.3 Å². The van der Waals surface area contributed by atoms with Crippen molar-refractivity contribution in [2.45, 2.75) is 9.79 Å². The molecule has 0 bridgehead atoms. The van der Waals surface area contributed by atoms with Crippen LogP contribution in [0.4, 0.5) is 17.1 Å². The quantitative estimate of drug-likeness (QED) is 0.172. The Kier molecular flexibility index (Phi) is 7.38. The average molecular weight is 700 g/mol. The normalized spacial score (nSPS) is 13.5. The summed E-state index contributed by atoms with van der Waals surface area (Å²) in [5, 5.41) is 2.25. The molecule has 1 aliphatic rings. The average Bonchev–Trinajstić information content (AvgIpc) is 3.70. The van der Waals surface area contributed by atoms with E-state index >= 15 is 0 Å². The minimum absolute atomic E-state index is 0.873. The molecule has 9 aromatic rings. The van der Waals surface area contributed by atoms with E-state index in [0.29, 0.717) is 0 Å². The lowest BCUT2D eigenvalue weighted by molar-refractivity contribution is 0.669. The number of anilines is 3. The maximum atomic E-state index is 6.56. The van der Waals surface area contributed by atoms with Crippen molar-refractivity contribution in [2.24, 2.45) is 0 Å². The highest BCUT2D eigenvalue weighted by atomic mass is 32.3. The first kappa shape index (κ1) is 31.4. The number of furan rings is 1. The van der Waals surface area contributed by atoms with Crippen molar-refractivity contribution in [2.75, 3.05) is 17.4 Å². The molecule has 1 aliphatic heterocycles. The van der Waals surface area contributed by atoms with Crippen LogP contribution in [0.25, 0.3) is 66.4 Å². The van der Waals surface area contributed by atoms with Gasteiger partial charge in [-0.1, -0.05) is 140 Å². The van der Waals surface area contributed by atoms with Crippen LogP contribution in [0.5, 0.6) is 0 Å². The summed E-state index contributed by atoms with van der Waals surface area (Å²) in [6, 6.07) is 68.2. The predicted molar refractivity (Wildman–Crippen MR) is 226 cm³/mol. The Bertz CT molecular complexity index is 2820. The fourth-order valence-electron chi connectivity index (χ4n) is 8.34. The molecule has 0 fully saturated rings. The molecule has 53 heavy (non-hydrogen) atoms. The fraction of sp³-hybridized carbons (Fsp3) is 0.0400. The second-order valence-corrected chi connectivity index (χ2v) is 17.6. The Balaban J connectivity index is 1.33. The summed E-state index contributed by atoms with van der Waals surface area (Å²) < 4.78 is 6.56. The van der Waals surface area contributed by atoms with Gasteiger partial charge in [0.25, 0.3) is 0 Å². The molecule has 0 saturated carbocycles. The fourth-order valence-corrected chi connectivity index (χ4v) is 10.9. The van der Waals surface area contributed by atoms with Crippen LogP contribution >= 0.6 is 10.0 Å². The van der Waals surface area contributed by atoms with Crippen molar-refractivity contribution >= 4 is 49.0 Å². The lowest BCUT2D eigenvalue weighted by Gasteiger charge is -2.32. The Morgan fingerprint density at radius 2 is 0.943 bits per heavy atom. The van der Waals surface area contributed by atoms with Gasteiger partial charge in [0.05, 0.1) is 11.4 Å². The van der Waals surface area contributed by atoms with Gasteiger partial charge in [-0.25, -0.2) is 0 Å². The van der Waals surface area contributed by atoms with Crippen LogP contribution in [0.1, 0.15) is 0 Å². The highest BCUT2D eigenvalue weighted by Crippen LogP contribution is 2.69. The summed E-state index contributed by atoms with van der Waals surface area (Å²) in [4.78, 5) is 5.34. The predicted octanol–water partition coefficient (Wildman–Crippen LogP) is 14.5. The summed E-state index contributed by atoms with van der Waals surface area (Å²) >= 11 is 0. The van der Waals surface area contributed by atoms with Gasteiger partial charge in [-0.15, -0.1) is 0 Å². The van der Waals surface area contributed by atoms with Crippen molar-refractivity contribution in [1.82, 2.24) is 0 Å². The van der Waals surface area contributed by atoms with Gasteiger partial charge in [-0.3, -0.25) is 0 Å². The highest BCUT2D eigenvalue weighted by Gasteiger charge is 2.35. The summed E-state index contributed by atoms with van der Waals surface area (Å²) in [6.45, 7) is 0. The molecule has 8 aromatic carbocycles. The molecular formula is C50H37NOS. The lowest BCUT2D eigenvalue weighted by Crippen LogP contribution is -2.13. The Morgan fingerprint density at radius 3 is 1.72 bits per heavy atom. The van der Waals surface area contributed by atoms with Crippen molar-refractivity contribution in [3.8, 4) is 44.5 Å². The third-order valence-electron chi connectivity index (χ3n) is 10.8. The number of nitrogens with zero attached hydrogens (tertiary/aromatic N) is 1. The molecule has 0 aliphatic carbocycles. The minimum Gasteiger partial charge on any atom is -0.456 e. The summed E-state index contributed by atoms with van der Waals surface area (Å²) in [6.07, 6.45) is 4.87. The van der Waals surface area contributed by atoms with Crippen molar-refractivity contribution in [3.63, 3.8) is 0 Å². The van der Waals surface area contributed by atoms with Gasteiger partial charge < -0.3 is 9.32 Å². The number of rotatable bonds is 6. The van der Waals surface area contributed by atoms with Crippen LogP contribution in [-0.4, -0.2) is 12.5 Å². The van der Waals surface area contributed by atoms with Gasteiger partial charge in [0, 0.05) is 43.4 Å². The molecular weight excluding hydrogens is 663 g/mol. The molecule has 0 unspecified atom stereocenters. The van der Waals surface area contributed by atoms with E-state index in [0.717, 1.165) is 39.0 Å². The van der Waals surface area contributed by atoms with Gasteiger partial charge in [-0.2, -0.15) is 10.0 Å². The molecule has 0 saturated heterocycles. The third-order valence-corrected chi connectivity index (χ3v) is 13.7. The molecule has 254 valence electrons. The Labute approximate surface area is 311 Å². The maximum absolute atomic E-state index is 6.56. The van der Waals surface area contributed by atoms with Crippen molar-refractivity contribution in [1.29, 1.82) is 0 Å². The number of fused-ring (bicyclic) bond motifs is 6. The number of benzene rings is 8. The molecule has 2 nitrogen and oxygen atoms in total. The lowest BCUT2D eigenvalue weighted by atomic mass is 9.87. The van der Waals surface area contributed by atoms with E-state index in [2.05, 4.69) is 199 Å². The van der Waals surface area contributed by atoms with E-state index < -0.39 is 10.0 Å². The van der Waals surface area contributed by atoms with Gasteiger partial charge in [0.2, 0.25) is 0 Å². The van der Waals surface area contributed by atoms with Crippen LogP contribution in [0.2, 0.25) is 0 Å². The molecule has 1 aromatic heterocycles. The van der Waals surface area contributed by atoms with Crippen LogP contribution in [0.3, 0.4) is 0 Å². The summed E-state index contributed by atoms with van der Waals surface area (Å²) in [7, 11) is -1.24. The molecule has 0 spiro atoms. The largest absolute Gasteiger partial charge is 0.456 e. The monoisotopic (exact) mass is 699 g/mol. The highest BCUT2D eigenvalue weighted by molar-refractivity contribution is 8.33. The van der Waals surface area contributed by atoms with Crippen molar-refractivity contribution in [3.05, 3.63) is 188 Å². The molecule has 3 heteroatoms. The number of hydrogen-bond donors (Lipinski definition) is 0. The Hall–Kier alpha value is -6.29. The Morgan fingerprint density at radius 1 is 0.396 bits per heavy atom. The SMILES string of the molecule is CS1(C)c2ccccc2-c2c(N(c3ccc4c(c3)oc3ccccc34)c3cccc(-c4ccccc4)c3-c3ccccc3-c3ccccc3)cccc21. The van der Waals surface area contributed by atoms with E-state index in [4.69, 9.17) is 4.42 Å². The van der Waals surface area contributed by atoms with E-state index in [-0.39, 0.29) is 0 Å². The number of para-hydroxylation sites is 1. The summed E-state index contributed by atoms with van der Waals surface area (Å²) in [5.74, 6) is 0. The maximum Gasteiger partial charge on any atom is 0.137 e. The number of hydrogen-bond acceptors (Lipinski definition) is 2. The first-order chi connectivity index (χ1) is 26.1. The second-order valence-electron chi connectivity index (χ2n) is 14.1. The van der Waals surface area contributed by atoms with E-state index in [1.807, 2.05) is 6.07 Å². The van der Waals surface area contributed by atoms with Crippen molar-refractivity contribution < 1.29 is 4.42 Å². The molecule has 0 N–H and O–H groups in total. The van der Waals surface area contributed by atoms with Crippen LogP contribution in [0, 0.1) is 0 Å². The van der Waals surface area contributed by atoms with E-state index in [1.54, 1.807) is 0 Å². The van der Waals surface area contributed by atoms with E-state index in [9.17, 15) is 0 Å². The first-order valence-corrected chi connectivity index (χ1v) is 20.5. The minimum atomic E-state index is -1.24.